The quantitative estimate of drug-likeness (QED) is 0.780. The van der Waals surface area contributed by atoms with Crippen molar-refractivity contribution in [3.63, 3.8) is 0 Å². The van der Waals surface area contributed by atoms with Crippen LogP contribution in [0.25, 0.3) is 0 Å². The number of rotatable bonds is 5. The van der Waals surface area contributed by atoms with Crippen molar-refractivity contribution in [3.8, 4) is 0 Å². The van der Waals surface area contributed by atoms with Crippen LogP contribution >= 0.6 is 15.9 Å². The van der Waals surface area contributed by atoms with Gasteiger partial charge in [-0.05, 0) is 55.7 Å². The Morgan fingerprint density at radius 1 is 1.00 bits per heavy atom. The zero-order chi connectivity index (χ0) is 18.4. The molecular weight excluding hydrogens is 394 g/mol. The van der Waals surface area contributed by atoms with Crippen LogP contribution in [0.5, 0.6) is 0 Å². The van der Waals surface area contributed by atoms with E-state index in [4.69, 9.17) is 0 Å². The molecule has 2 aromatic carbocycles. The molecule has 1 heterocycles. The first-order valence-electron chi connectivity index (χ1n) is 8.80. The molecule has 0 unspecified atom stereocenters. The SMILES string of the molecule is O=C(CNC(=O)c1cccc(Br)c1)Nc1cccc(N2CCCCC2)c1. The normalized spacial score (nSPS) is 14.0. The highest BCUT2D eigenvalue weighted by Gasteiger charge is 2.12. The fourth-order valence-corrected chi connectivity index (χ4v) is 3.43. The van der Waals surface area contributed by atoms with E-state index < -0.39 is 0 Å². The molecule has 1 aliphatic rings. The lowest BCUT2D eigenvalue weighted by Gasteiger charge is -2.29. The van der Waals surface area contributed by atoms with Gasteiger partial charge in [-0.25, -0.2) is 0 Å². The van der Waals surface area contributed by atoms with E-state index in [2.05, 4.69) is 37.5 Å². The minimum atomic E-state index is -0.275. The highest BCUT2D eigenvalue weighted by Crippen LogP contribution is 2.23. The largest absolute Gasteiger partial charge is 0.371 e. The molecule has 0 atom stereocenters. The fourth-order valence-electron chi connectivity index (χ4n) is 3.03. The zero-order valence-electron chi connectivity index (χ0n) is 14.5. The highest BCUT2D eigenvalue weighted by atomic mass is 79.9. The lowest BCUT2D eigenvalue weighted by molar-refractivity contribution is -0.115. The summed E-state index contributed by atoms with van der Waals surface area (Å²) in [6, 6.07) is 14.9. The fraction of sp³-hybridized carbons (Fsp3) is 0.300. The molecule has 0 radical (unpaired) electrons. The average molecular weight is 416 g/mol. The maximum atomic E-state index is 12.2. The van der Waals surface area contributed by atoms with E-state index in [1.807, 2.05) is 24.3 Å². The summed E-state index contributed by atoms with van der Waals surface area (Å²) in [5, 5.41) is 5.49. The summed E-state index contributed by atoms with van der Waals surface area (Å²) in [5.41, 5.74) is 2.38. The van der Waals surface area contributed by atoms with E-state index in [0.717, 1.165) is 28.9 Å². The van der Waals surface area contributed by atoms with Crippen LogP contribution in [0.1, 0.15) is 29.6 Å². The molecule has 0 aliphatic carbocycles. The summed E-state index contributed by atoms with van der Waals surface area (Å²) in [4.78, 5) is 26.6. The molecule has 6 heteroatoms. The minimum Gasteiger partial charge on any atom is -0.371 e. The van der Waals surface area contributed by atoms with Crippen molar-refractivity contribution in [2.24, 2.45) is 0 Å². The van der Waals surface area contributed by atoms with Gasteiger partial charge in [0.1, 0.15) is 0 Å². The number of nitrogens with zero attached hydrogens (tertiary/aromatic N) is 1. The van der Waals surface area contributed by atoms with Gasteiger partial charge < -0.3 is 15.5 Å². The number of anilines is 2. The first-order chi connectivity index (χ1) is 12.6. The van der Waals surface area contributed by atoms with Crippen molar-refractivity contribution in [3.05, 3.63) is 58.6 Å². The molecule has 2 aromatic rings. The summed E-state index contributed by atoms with van der Waals surface area (Å²) in [6.07, 6.45) is 3.70. The number of benzene rings is 2. The Hall–Kier alpha value is -2.34. The van der Waals surface area contributed by atoms with Crippen molar-refractivity contribution in [2.75, 3.05) is 29.9 Å². The van der Waals surface area contributed by atoms with Crippen LogP contribution in [0.15, 0.2) is 53.0 Å². The van der Waals surface area contributed by atoms with Gasteiger partial charge in [0.25, 0.3) is 5.91 Å². The number of halogens is 1. The van der Waals surface area contributed by atoms with E-state index in [-0.39, 0.29) is 18.4 Å². The Morgan fingerprint density at radius 2 is 1.77 bits per heavy atom. The van der Waals surface area contributed by atoms with Gasteiger partial charge in [0.15, 0.2) is 0 Å². The molecule has 136 valence electrons. The average Bonchev–Trinajstić information content (AvgIpc) is 2.67. The van der Waals surface area contributed by atoms with E-state index in [1.54, 1.807) is 18.2 Å². The summed E-state index contributed by atoms with van der Waals surface area (Å²) in [7, 11) is 0. The monoisotopic (exact) mass is 415 g/mol. The Balaban J connectivity index is 1.54. The molecule has 1 aliphatic heterocycles. The zero-order valence-corrected chi connectivity index (χ0v) is 16.1. The molecule has 1 saturated heterocycles. The summed E-state index contributed by atoms with van der Waals surface area (Å²) in [6.45, 7) is 2.04. The third kappa shape index (κ3) is 5.08. The second kappa shape index (κ2) is 8.85. The maximum Gasteiger partial charge on any atom is 0.251 e. The summed E-state index contributed by atoms with van der Waals surface area (Å²) in [5.74, 6) is -0.521. The van der Waals surface area contributed by atoms with Crippen LogP contribution in [0, 0.1) is 0 Å². The number of nitrogens with one attached hydrogen (secondary N) is 2. The van der Waals surface area contributed by atoms with Crippen molar-refractivity contribution in [1.29, 1.82) is 0 Å². The topological polar surface area (TPSA) is 61.4 Å². The molecule has 2 N–H and O–H groups in total. The van der Waals surface area contributed by atoms with Gasteiger partial charge in [-0.15, -0.1) is 0 Å². The highest BCUT2D eigenvalue weighted by molar-refractivity contribution is 9.10. The van der Waals surface area contributed by atoms with Gasteiger partial charge >= 0.3 is 0 Å². The predicted molar refractivity (Wildman–Crippen MR) is 108 cm³/mol. The van der Waals surface area contributed by atoms with Crippen molar-refractivity contribution < 1.29 is 9.59 Å². The number of piperidine rings is 1. The number of hydrogen-bond acceptors (Lipinski definition) is 3. The lowest BCUT2D eigenvalue weighted by Crippen LogP contribution is -2.33. The van der Waals surface area contributed by atoms with Gasteiger partial charge in [0.05, 0.1) is 6.54 Å². The van der Waals surface area contributed by atoms with Gasteiger partial charge in [0, 0.05) is 34.5 Å². The third-order valence-electron chi connectivity index (χ3n) is 4.35. The molecule has 26 heavy (non-hydrogen) atoms. The molecule has 5 nitrogen and oxygen atoms in total. The summed E-state index contributed by atoms with van der Waals surface area (Å²) < 4.78 is 0.823. The lowest BCUT2D eigenvalue weighted by atomic mass is 10.1. The van der Waals surface area contributed by atoms with E-state index in [0.29, 0.717) is 5.56 Å². The van der Waals surface area contributed by atoms with Crippen LogP contribution in [-0.4, -0.2) is 31.4 Å². The van der Waals surface area contributed by atoms with Gasteiger partial charge in [-0.3, -0.25) is 9.59 Å². The van der Waals surface area contributed by atoms with E-state index in [1.165, 1.54) is 19.3 Å². The van der Waals surface area contributed by atoms with Crippen LogP contribution in [0.2, 0.25) is 0 Å². The molecule has 3 rings (SSSR count). The van der Waals surface area contributed by atoms with Crippen molar-refractivity contribution in [2.45, 2.75) is 19.3 Å². The maximum absolute atomic E-state index is 12.2. The Morgan fingerprint density at radius 3 is 2.54 bits per heavy atom. The Bertz CT molecular complexity index is 788. The number of carbonyl (C=O) groups excluding carboxylic acids is 2. The second-order valence-electron chi connectivity index (χ2n) is 6.34. The second-order valence-corrected chi connectivity index (χ2v) is 7.25. The van der Waals surface area contributed by atoms with E-state index in [9.17, 15) is 9.59 Å². The van der Waals surface area contributed by atoms with Crippen molar-refractivity contribution in [1.82, 2.24) is 5.32 Å². The van der Waals surface area contributed by atoms with Crippen LogP contribution in [0.4, 0.5) is 11.4 Å². The van der Waals surface area contributed by atoms with Gasteiger partial charge in [-0.1, -0.05) is 28.1 Å². The minimum absolute atomic E-state index is 0.0702. The molecule has 0 aromatic heterocycles. The Kier molecular flexibility index (Phi) is 6.28. The molecule has 1 fully saturated rings. The van der Waals surface area contributed by atoms with Crippen LogP contribution in [0.3, 0.4) is 0 Å². The molecule has 2 amide bonds. The van der Waals surface area contributed by atoms with Crippen LogP contribution < -0.4 is 15.5 Å². The van der Waals surface area contributed by atoms with Gasteiger partial charge in [-0.2, -0.15) is 0 Å². The molecule has 0 spiro atoms. The Labute approximate surface area is 161 Å². The van der Waals surface area contributed by atoms with E-state index >= 15 is 0 Å². The smallest absolute Gasteiger partial charge is 0.251 e. The van der Waals surface area contributed by atoms with Crippen LogP contribution in [-0.2, 0) is 4.79 Å². The number of hydrogen-bond donors (Lipinski definition) is 2. The molecular formula is C20H22BrN3O2. The number of carbonyl (C=O) groups is 2. The first-order valence-corrected chi connectivity index (χ1v) is 9.60. The molecule has 0 saturated carbocycles. The standard InChI is InChI=1S/C20H22BrN3O2/c21-16-7-4-6-15(12-16)20(26)22-14-19(25)23-17-8-5-9-18(13-17)24-10-2-1-3-11-24/h4-9,12-13H,1-3,10-11,14H2,(H,22,26)(H,23,25). The van der Waals surface area contributed by atoms with Gasteiger partial charge in [0.2, 0.25) is 5.91 Å². The third-order valence-corrected chi connectivity index (χ3v) is 4.84. The predicted octanol–water partition coefficient (Wildman–Crippen LogP) is 3.81. The number of amides is 2. The molecule has 0 bridgehead atoms. The summed E-state index contributed by atoms with van der Waals surface area (Å²) >= 11 is 3.33. The van der Waals surface area contributed by atoms with Crippen molar-refractivity contribution >= 4 is 39.1 Å². The first kappa shape index (κ1) is 18.5.